The maximum Gasteiger partial charge on any atom is 0.161 e. The molecule has 0 radical (unpaired) electrons. The first-order valence-electron chi connectivity index (χ1n) is 6.12. The number of hydrogen-bond donors (Lipinski definition) is 1. The van der Waals surface area contributed by atoms with Gasteiger partial charge in [0.05, 0.1) is 0 Å². The Hall–Kier alpha value is -2.01. The first-order chi connectivity index (χ1) is 8.93. The number of piperazine rings is 1. The van der Waals surface area contributed by atoms with E-state index in [0.29, 0.717) is 0 Å². The second-order valence-electron chi connectivity index (χ2n) is 4.21. The molecule has 1 saturated heterocycles. The second-order valence-corrected chi connectivity index (χ2v) is 4.21. The minimum absolute atomic E-state index is 0.758. The number of nitrogens with zero attached hydrogens (tertiary/aromatic N) is 4. The molecular formula is C13H15N5. The second kappa shape index (κ2) is 5.10. The third-order valence-corrected chi connectivity index (χ3v) is 3.02. The Morgan fingerprint density at radius 3 is 2.56 bits per heavy atom. The van der Waals surface area contributed by atoms with Crippen LogP contribution >= 0.6 is 0 Å². The normalized spacial score (nSPS) is 15.7. The summed E-state index contributed by atoms with van der Waals surface area (Å²) in [7, 11) is 0. The van der Waals surface area contributed by atoms with Crippen LogP contribution in [0.15, 0.2) is 36.8 Å². The Kier molecular flexibility index (Phi) is 3.14. The predicted octanol–water partition coefficient (Wildman–Crippen LogP) is 0.948. The van der Waals surface area contributed by atoms with Crippen LogP contribution in [0.1, 0.15) is 0 Å². The van der Waals surface area contributed by atoms with Crippen LogP contribution < -0.4 is 10.2 Å². The number of rotatable bonds is 2. The molecule has 0 aromatic carbocycles. The van der Waals surface area contributed by atoms with Gasteiger partial charge in [-0.3, -0.25) is 4.98 Å². The molecule has 5 nitrogen and oxygen atoms in total. The van der Waals surface area contributed by atoms with E-state index in [1.54, 1.807) is 12.4 Å². The lowest BCUT2D eigenvalue weighted by atomic mass is 10.2. The SMILES string of the molecule is c1cc(-c2nccc(N3CCNCC3)n2)ccn1. The van der Waals surface area contributed by atoms with Crippen molar-refractivity contribution in [3.63, 3.8) is 0 Å². The standard InChI is InChI=1S/C13H15N5/c1-4-14-5-2-11(1)13-16-6-3-12(17-13)18-9-7-15-8-10-18/h1-6,15H,7-10H2. The molecule has 0 unspecified atom stereocenters. The molecule has 1 aliphatic heterocycles. The van der Waals surface area contributed by atoms with Crippen LogP contribution in [-0.4, -0.2) is 41.1 Å². The van der Waals surface area contributed by atoms with E-state index >= 15 is 0 Å². The summed E-state index contributed by atoms with van der Waals surface area (Å²) in [6.07, 6.45) is 5.34. The summed E-state index contributed by atoms with van der Waals surface area (Å²) in [6.45, 7) is 4.00. The van der Waals surface area contributed by atoms with Crippen molar-refractivity contribution in [2.75, 3.05) is 31.1 Å². The van der Waals surface area contributed by atoms with Crippen LogP contribution in [-0.2, 0) is 0 Å². The van der Waals surface area contributed by atoms with Crippen molar-refractivity contribution in [1.82, 2.24) is 20.3 Å². The zero-order valence-corrected chi connectivity index (χ0v) is 10.1. The molecule has 1 fully saturated rings. The topological polar surface area (TPSA) is 53.9 Å². The van der Waals surface area contributed by atoms with Gasteiger partial charge in [-0.15, -0.1) is 0 Å². The van der Waals surface area contributed by atoms with Gasteiger partial charge in [-0.1, -0.05) is 0 Å². The maximum atomic E-state index is 4.63. The number of anilines is 1. The van der Waals surface area contributed by atoms with E-state index < -0.39 is 0 Å². The minimum atomic E-state index is 0.758. The van der Waals surface area contributed by atoms with Gasteiger partial charge in [0.25, 0.3) is 0 Å². The zero-order chi connectivity index (χ0) is 12.2. The van der Waals surface area contributed by atoms with Crippen LogP contribution in [0, 0.1) is 0 Å². The van der Waals surface area contributed by atoms with Crippen molar-refractivity contribution >= 4 is 5.82 Å². The Balaban J connectivity index is 1.89. The first-order valence-corrected chi connectivity index (χ1v) is 6.12. The molecule has 0 atom stereocenters. The zero-order valence-electron chi connectivity index (χ0n) is 10.1. The van der Waals surface area contributed by atoms with Gasteiger partial charge < -0.3 is 10.2 Å². The van der Waals surface area contributed by atoms with Crippen LogP contribution in [0.4, 0.5) is 5.82 Å². The highest BCUT2D eigenvalue weighted by molar-refractivity contribution is 5.56. The Bertz CT molecular complexity index is 508. The molecule has 0 saturated carbocycles. The molecule has 0 bridgehead atoms. The van der Waals surface area contributed by atoms with Gasteiger partial charge in [0, 0.05) is 50.3 Å². The largest absolute Gasteiger partial charge is 0.354 e. The van der Waals surface area contributed by atoms with Crippen molar-refractivity contribution in [2.45, 2.75) is 0 Å². The molecule has 0 spiro atoms. The van der Waals surface area contributed by atoms with Gasteiger partial charge in [0.15, 0.2) is 5.82 Å². The van der Waals surface area contributed by atoms with Gasteiger partial charge in [0.2, 0.25) is 0 Å². The summed E-state index contributed by atoms with van der Waals surface area (Å²) in [4.78, 5) is 15.2. The van der Waals surface area contributed by atoms with Gasteiger partial charge >= 0.3 is 0 Å². The maximum absolute atomic E-state index is 4.63. The molecule has 2 aromatic rings. The van der Waals surface area contributed by atoms with Crippen molar-refractivity contribution in [1.29, 1.82) is 0 Å². The summed E-state index contributed by atoms with van der Waals surface area (Å²) in [5, 5.41) is 3.34. The fraction of sp³-hybridized carbons (Fsp3) is 0.308. The number of pyridine rings is 1. The highest BCUT2D eigenvalue weighted by atomic mass is 15.2. The van der Waals surface area contributed by atoms with E-state index in [0.717, 1.165) is 43.4 Å². The van der Waals surface area contributed by atoms with Crippen LogP contribution in [0.3, 0.4) is 0 Å². The lowest BCUT2D eigenvalue weighted by molar-refractivity contribution is 0.585. The molecule has 3 heterocycles. The molecular weight excluding hydrogens is 226 g/mol. The van der Waals surface area contributed by atoms with Gasteiger partial charge in [0.1, 0.15) is 5.82 Å². The van der Waals surface area contributed by atoms with Crippen molar-refractivity contribution in [2.24, 2.45) is 0 Å². The molecule has 5 heteroatoms. The van der Waals surface area contributed by atoms with Crippen LogP contribution in [0.5, 0.6) is 0 Å². The molecule has 0 aliphatic carbocycles. The third kappa shape index (κ3) is 2.31. The lowest BCUT2D eigenvalue weighted by Gasteiger charge is -2.28. The van der Waals surface area contributed by atoms with Crippen molar-refractivity contribution < 1.29 is 0 Å². The third-order valence-electron chi connectivity index (χ3n) is 3.02. The van der Waals surface area contributed by atoms with Crippen molar-refractivity contribution in [3.8, 4) is 11.4 Å². The molecule has 3 rings (SSSR count). The summed E-state index contributed by atoms with van der Waals surface area (Å²) >= 11 is 0. The van der Waals surface area contributed by atoms with E-state index in [1.165, 1.54) is 0 Å². The monoisotopic (exact) mass is 241 g/mol. The number of aromatic nitrogens is 3. The molecule has 18 heavy (non-hydrogen) atoms. The quantitative estimate of drug-likeness (QED) is 0.848. The van der Waals surface area contributed by atoms with Gasteiger partial charge in [-0.25, -0.2) is 9.97 Å². The van der Waals surface area contributed by atoms with E-state index in [2.05, 4.69) is 25.2 Å². The summed E-state index contributed by atoms with van der Waals surface area (Å²) in [5.41, 5.74) is 1.00. The fourth-order valence-corrected chi connectivity index (χ4v) is 2.06. The number of nitrogens with one attached hydrogen (secondary N) is 1. The average molecular weight is 241 g/mol. The molecule has 1 N–H and O–H groups in total. The summed E-state index contributed by atoms with van der Waals surface area (Å²) in [5.74, 6) is 1.76. The first kappa shape index (κ1) is 11.1. The fourth-order valence-electron chi connectivity index (χ4n) is 2.06. The molecule has 2 aromatic heterocycles. The van der Waals surface area contributed by atoms with Gasteiger partial charge in [-0.05, 0) is 18.2 Å². The highest BCUT2D eigenvalue weighted by Crippen LogP contribution is 2.17. The average Bonchev–Trinajstić information content (AvgIpc) is 2.49. The summed E-state index contributed by atoms with van der Waals surface area (Å²) < 4.78 is 0. The predicted molar refractivity (Wildman–Crippen MR) is 70.3 cm³/mol. The van der Waals surface area contributed by atoms with E-state index in [4.69, 9.17) is 0 Å². The highest BCUT2D eigenvalue weighted by Gasteiger charge is 2.12. The Morgan fingerprint density at radius 2 is 1.78 bits per heavy atom. The summed E-state index contributed by atoms with van der Waals surface area (Å²) in [6, 6.07) is 5.82. The van der Waals surface area contributed by atoms with E-state index in [-0.39, 0.29) is 0 Å². The molecule has 0 amide bonds. The smallest absolute Gasteiger partial charge is 0.161 e. The van der Waals surface area contributed by atoms with E-state index in [9.17, 15) is 0 Å². The Labute approximate surface area is 106 Å². The molecule has 92 valence electrons. The number of hydrogen-bond acceptors (Lipinski definition) is 5. The minimum Gasteiger partial charge on any atom is -0.354 e. The van der Waals surface area contributed by atoms with Crippen LogP contribution in [0.25, 0.3) is 11.4 Å². The van der Waals surface area contributed by atoms with Crippen LogP contribution in [0.2, 0.25) is 0 Å². The Morgan fingerprint density at radius 1 is 1.00 bits per heavy atom. The lowest BCUT2D eigenvalue weighted by Crippen LogP contribution is -2.43. The van der Waals surface area contributed by atoms with E-state index in [1.807, 2.05) is 24.4 Å². The van der Waals surface area contributed by atoms with Crippen molar-refractivity contribution in [3.05, 3.63) is 36.8 Å². The molecule has 1 aliphatic rings. The van der Waals surface area contributed by atoms with Gasteiger partial charge in [-0.2, -0.15) is 0 Å².